The van der Waals surface area contributed by atoms with Crippen LogP contribution in [-0.2, 0) is 6.42 Å². The average molecular weight is 268 g/mol. The molecular weight excluding hydrogens is 258 g/mol. The predicted octanol–water partition coefficient (Wildman–Crippen LogP) is 3.68. The number of nitrogens with zero attached hydrogens (tertiary/aromatic N) is 2. The summed E-state index contributed by atoms with van der Waals surface area (Å²) in [6.45, 7) is 0. The van der Waals surface area contributed by atoms with E-state index in [2.05, 4.69) is 16.0 Å². The molecule has 0 saturated heterocycles. The lowest BCUT2D eigenvalue weighted by atomic mass is 10.1. The highest BCUT2D eigenvalue weighted by molar-refractivity contribution is 6.31. The van der Waals surface area contributed by atoms with Gasteiger partial charge in [-0.05, 0) is 29.8 Å². The zero-order valence-electron chi connectivity index (χ0n) is 10.0. The molecule has 1 aromatic heterocycles. The molecule has 0 amide bonds. The van der Waals surface area contributed by atoms with Gasteiger partial charge in [-0.25, -0.2) is 4.98 Å². The van der Waals surface area contributed by atoms with E-state index in [1.54, 1.807) is 12.1 Å². The first-order chi connectivity index (χ1) is 9.26. The molecule has 0 radical (unpaired) electrons. The molecule has 0 fully saturated rings. The van der Waals surface area contributed by atoms with Crippen LogP contribution in [0.1, 0.15) is 17.0 Å². The van der Waals surface area contributed by atoms with Crippen LogP contribution >= 0.6 is 11.6 Å². The fourth-order valence-electron chi connectivity index (χ4n) is 2.04. The molecule has 0 unspecified atom stereocenters. The highest BCUT2D eigenvalue weighted by Crippen LogP contribution is 2.20. The molecule has 0 spiro atoms. The van der Waals surface area contributed by atoms with E-state index >= 15 is 0 Å². The van der Waals surface area contributed by atoms with Crippen LogP contribution in [0, 0.1) is 11.3 Å². The highest BCUT2D eigenvalue weighted by Gasteiger charge is 2.06. The summed E-state index contributed by atoms with van der Waals surface area (Å²) < 4.78 is 0. The number of halogens is 1. The Morgan fingerprint density at radius 3 is 2.84 bits per heavy atom. The number of hydrogen-bond donors (Lipinski definition) is 1. The van der Waals surface area contributed by atoms with Crippen molar-refractivity contribution in [2.24, 2.45) is 0 Å². The van der Waals surface area contributed by atoms with Gasteiger partial charge in [-0.2, -0.15) is 5.26 Å². The SMILES string of the molecule is N#Cc1ccc2nc(Cc3ccccc3Cl)[nH]c2c1. The number of aromatic amines is 1. The van der Waals surface area contributed by atoms with Gasteiger partial charge in [-0.15, -0.1) is 0 Å². The lowest BCUT2D eigenvalue weighted by Gasteiger charge is -2.00. The highest BCUT2D eigenvalue weighted by atomic mass is 35.5. The molecule has 4 heteroatoms. The second-order valence-electron chi connectivity index (χ2n) is 4.30. The van der Waals surface area contributed by atoms with E-state index in [4.69, 9.17) is 16.9 Å². The number of benzene rings is 2. The summed E-state index contributed by atoms with van der Waals surface area (Å²) in [5.41, 5.74) is 3.39. The van der Waals surface area contributed by atoms with Gasteiger partial charge in [0.05, 0.1) is 22.7 Å². The maximum absolute atomic E-state index is 8.87. The molecule has 1 heterocycles. The number of H-pyrrole nitrogens is 1. The lowest BCUT2D eigenvalue weighted by Crippen LogP contribution is -1.91. The number of hydrogen-bond acceptors (Lipinski definition) is 2. The largest absolute Gasteiger partial charge is 0.342 e. The Bertz CT molecular complexity index is 783. The van der Waals surface area contributed by atoms with Crippen LogP contribution in [0.25, 0.3) is 11.0 Å². The lowest BCUT2D eigenvalue weighted by molar-refractivity contribution is 1.04. The first kappa shape index (κ1) is 11.8. The molecule has 3 rings (SSSR count). The fourth-order valence-corrected chi connectivity index (χ4v) is 2.24. The maximum atomic E-state index is 8.87. The van der Waals surface area contributed by atoms with Crippen LogP contribution in [0.15, 0.2) is 42.5 Å². The smallest absolute Gasteiger partial charge is 0.111 e. The zero-order valence-corrected chi connectivity index (χ0v) is 10.8. The Kier molecular flexibility index (Phi) is 2.94. The summed E-state index contributed by atoms with van der Waals surface area (Å²) in [4.78, 5) is 7.73. The van der Waals surface area contributed by atoms with Crippen molar-refractivity contribution >= 4 is 22.6 Å². The minimum Gasteiger partial charge on any atom is -0.342 e. The van der Waals surface area contributed by atoms with Gasteiger partial charge in [-0.3, -0.25) is 0 Å². The van der Waals surface area contributed by atoms with E-state index in [-0.39, 0.29) is 0 Å². The van der Waals surface area contributed by atoms with Crippen LogP contribution in [0.4, 0.5) is 0 Å². The third-order valence-electron chi connectivity index (χ3n) is 2.98. The molecule has 3 nitrogen and oxygen atoms in total. The van der Waals surface area contributed by atoms with Gasteiger partial charge >= 0.3 is 0 Å². The molecule has 0 aliphatic heterocycles. The van der Waals surface area contributed by atoms with E-state index in [1.165, 1.54) is 0 Å². The molecule has 0 atom stereocenters. The second-order valence-corrected chi connectivity index (χ2v) is 4.70. The predicted molar refractivity (Wildman–Crippen MR) is 75.1 cm³/mol. The Morgan fingerprint density at radius 1 is 1.21 bits per heavy atom. The first-order valence-corrected chi connectivity index (χ1v) is 6.26. The quantitative estimate of drug-likeness (QED) is 0.770. The summed E-state index contributed by atoms with van der Waals surface area (Å²) in [6.07, 6.45) is 0.649. The van der Waals surface area contributed by atoms with Crippen molar-refractivity contribution in [2.75, 3.05) is 0 Å². The number of fused-ring (bicyclic) bond motifs is 1. The van der Waals surface area contributed by atoms with Gasteiger partial charge in [0.2, 0.25) is 0 Å². The fraction of sp³-hybridized carbons (Fsp3) is 0.0667. The number of rotatable bonds is 2. The normalized spacial score (nSPS) is 10.5. The molecule has 19 heavy (non-hydrogen) atoms. The minimum atomic E-state index is 0.625. The maximum Gasteiger partial charge on any atom is 0.111 e. The molecular formula is C15H10ClN3. The summed E-state index contributed by atoms with van der Waals surface area (Å²) >= 11 is 6.14. The second kappa shape index (κ2) is 4.75. The summed E-state index contributed by atoms with van der Waals surface area (Å²) in [6, 6.07) is 15.2. The van der Waals surface area contributed by atoms with Crippen molar-refractivity contribution in [2.45, 2.75) is 6.42 Å². The van der Waals surface area contributed by atoms with Crippen molar-refractivity contribution in [3.63, 3.8) is 0 Å². The molecule has 1 N–H and O–H groups in total. The number of nitriles is 1. The Morgan fingerprint density at radius 2 is 2.05 bits per heavy atom. The molecule has 0 bridgehead atoms. The van der Waals surface area contributed by atoms with Crippen molar-refractivity contribution in [1.82, 2.24) is 9.97 Å². The molecule has 0 saturated carbocycles. The van der Waals surface area contributed by atoms with Crippen LogP contribution < -0.4 is 0 Å². The molecule has 0 aliphatic rings. The van der Waals surface area contributed by atoms with Gasteiger partial charge in [0.1, 0.15) is 5.82 Å². The standard InChI is InChI=1S/C15H10ClN3/c16-12-4-2-1-3-11(12)8-15-18-13-6-5-10(9-17)7-14(13)19-15/h1-7H,8H2,(H,18,19). The Balaban J connectivity index is 1.98. The van der Waals surface area contributed by atoms with E-state index in [0.29, 0.717) is 12.0 Å². The Hall–Kier alpha value is -2.31. The Labute approximate surface area is 115 Å². The van der Waals surface area contributed by atoms with Gasteiger partial charge in [0.15, 0.2) is 0 Å². The third-order valence-corrected chi connectivity index (χ3v) is 3.34. The van der Waals surface area contributed by atoms with Crippen LogP contribution in [0.5, 0.6) is 0 Å². The number of aromatic nitrogens is 2. The van der Waals surface area contributed by atoms with Crippen molar-refractivity contribution < 1.29 is 0 Å². The topological polar surface area (TPSA) is 52.5 Å². The molecule has 2 aromatic carbocycles. The van der Waals surface area contributed by atoms with E-state index in [1.807, 2.05) is 30.3 Å². The summed E-state index contributed by atoms with van der Waals surface area (Å²) in [7, 11) is 0. The van der Waals surface area contributed by atoms with Crippen molar-refractivity contribution in [1.29, 1.82) is 5.26 Å². The van der Waals surface area contributed by atoms with E-state index < -0.39 is 0 Å². The van der Waals surface area contributed by atoms with Crippen molar-refractivity contribution in [3.8, 4) is 6.07 Å². The molecule has 3 aromatic rings. The zero-order chi connectivity index (χ0) is 13.2. The minimum absolute atomic E-state index is 0.625. The molecule has 92 valence electrons. The summed E-state index contributed by atoms with van der Waals surface area (Å²) in [5, 5.41) is 9.61. The molecule has 0 aliphatic carbocycles. The van der Waals surface area contributed by atoms with E-state index in [9.17, 15) is 0 Å². The van der Waals surface area contributed by atoms with Gasteiger partial charge in [-0.1, -0.05) is 29.8 Å². The third kappa shape index (κ3) is 2.31. The van der Waals surface area contributed by atoms with E-state index in [0.717, 1.165) is 27.4 Å². The van der Waals surface area contributed by atoms with Crippen molar-refractivity contribution in [3.05, 3.63) is 64.4 Å². The van der Waals surface area contributed by atoms with Crippen LogP contribution in [0.2, 0.25) is 5.02 Å². The van der Waals surface area contributed by atoms with Gasteiger partial charge < -0.3 is 4.98 Å². The number of nitrogens with one attached hydrogen (secondary N) is 1. The van der Waals surface area contributed by atoms with Crippen LogP contribution in [-0.4, -0.2) is 9.97 Å². The van der Waals surface area contributed by atoms with Gasteiger partial charge in [0, 0.05) is 11.4 Å². The summed E-state index contributed by atoms with van der Waals surface area (Å²) in [5.74, 6) is 0.846. The van der Waals surface area contributed by atoms with Gasteiger partial charge in [0.25, 0.3) is 0 Å². The number of imidazole rings is 1. The first-order valence-electron chi connectivity index (χ1n) is 5.88. The van der Waals surface area contributed by atoms with Crippen LogP contribution in [0.3, 0.4) is 0 Å². The average Bonchev–Trinajstić information content (AvgIpc) is 2.82. The monoisotopic (exact) mass is 267 g/mol.